The molecule has 0 spiro atoms. The number of unbranched alkanes of at least 4 members (excludes halogenated alkanes) is 1. The van der Waals surface area contributed by atoms with Gasteiger partial charge in [-0.05, 0) is 19.4 Å². The van der Waals surface area contributed by atoms with Crippen LogP contribution in [-0.2, 0) is 4.84 Å². The molecule has 0 aliphatic heterocycles. The van der Waals surface area contributed by atoms with E-state index in [-0.39, 0.29) is 0 Å². The van der Waals surface area contributed by atoms with Gasteiger partial charge < -0.3 is 10.6 Å². The van der Waals surface area contributed by atoms with E-state index in [4.69, 9.17) is 11.6 Å². The van der Waals surface area contributed by atoms with Crippen molar-refractivity contribution in [3.63, 3.8) is 0 Å². The second kappa shape index (κ2) is 5.88. The van der Waals surface area contributed by atoms with Crippen LogP contribution >= 0.6 is 0 Å². The second-order valence-corrected chi connectivity index (χ2v) is 1.18. The first-order chi connectivity index (χ1) is 3.41. The zero-order chi connectivity index (χ0) is 5.54. The minimum Gasteiger partial charge on any atom is -0.330 e. The zero-order valence-electron chi connectivity index (χ0n) is 4.26. The van der Waals surface area contributed by atoms with Gasteiger partial charge in [0.2, 0.25) is 0 Å². The second-order valence-electron chi connectivity index (χ2n) is 1.18. The van der Waals surface area contributed by atoms with Crippen molar-refractivity contribution in [3.8, 4) is 0 Å². The minimum atomic E-state index is 0.567. The molecule has 4 N–H and O–H groups in total. The Morgan fingerprint density at radius 3 is 2.71 bits per heavy atom. The highest BCUT2D eigenvalue weighted by Crippen LogP contribution is 1.80. The summed E-state index contributed by atoms with van der Waals surface area (Å²) in [4.78, 5) is 4.26. The first kappa shape index (κ1) is 6.88. The van der Waals surface area contributed by atoms with Crippen LogP contribution in [0.2, 0.25) is 0 Å². The molecule has 0 unspecified atom stereocenters. The average molecular weight is 103 g/mol. The van der Waals surface area contributed by atoms with Gasteiger partial charge in [0.05, 0.1) is 6.61 Å². The van der Waals surface area contributed by atoms with Crippen molar-refractivity contribution in [2.75, 3.05) is 13.2 Å². The van der Waals surface area contributed by atoms with Crippen LogP contribution in [0.15, 0.2) is 0 Å². The number of hydrogen-bond donors (Lipinski definition) is 2. The quantitative estimate of drug-likeness (QED) is 0.370. The molecule has 0 amide bonds. The number of rotatable bonds is 4. The van der Waals surface area contributed by atoms with Crippen LogP contribution in [0.1, 0.15) is 6.42 Å². The van der Waals surface area contributed by atoms with E-state index in [1.54, 1.807) is 0 Å². The topological polar surface area (TPSA) is 61.3 Å². The number of hydrogen-bond acceptors (Lipinski definition) is 3. The first-order valence-electron chi connectivity index (χ1n) is 2.25. The maximum atomic E-state index is 5.12. The Morgan fingerprint density at radius 2 is 2.29 bits per heavy atom. The summed E-state index contributed by atoms with van der Waals surface area (Å²) in [5.74, 6) is 4.71. The van der Waals surface area contributed by atoms with Crippen LogP contribution in [-0.4, -0.2) is 13.2 Å². The van der Waals surface area contributed by atoms with Gasteiger partial charge >= 0.3 is 0 Å². The first-order valence-corrected chi connectivity index (χ1v) is 2.25. The molecule has 3 nitrogen and oxygen atoms in total. The average Bonchev–Trinajstić information content (AvgIpc) is 1.69. The molecule has 0 aromatic carbocycles. The van der Waals surface area contributed by atoms with Crippen LogP contribution in [0.25, 0.3) is 0 Å². The summed E-state index contributed by atoms with van der Waals surface area (Å²) < 4.78 is 0. The van der Waals surface area contributed by atoms with Gasteiger partial charge in [0.15, 0.2) is 0 Å². The highest BCUT2D eigenvalue weighted by Gasteiger charge is 1.81. The Morgan fingerprint density at radius 1 is 1.57 bits per heavy atom. The molecule has 0 aliphatic carbocycles. The lowest BCUT2D eigenvalue weighted by Gasteiger charge is -1.91. The molecule has 0 aromatic heterocycles. The summed E-state index contributed by atoms with van der Waals surface area (Å²) in [5.41, 5.74) is 5.12. The maximum absolute atomic E-state index is 5.12. The van der Waals surface area contributed by atoms with Crippen LogP contribution in [0.4, 0.5) is 0 Å². The van der Waals surface area contributed by atoms with Crippen LogP contribution in [0, 0.1) is 6.42 Å². The van der Waals surface area contributed by atoms with Crippen LogP contribution in [0.3, 0.4) is 0 Å². The van der Waals surface area contributed by atoms with Gasteiger partial charge in [0.1, 0.15) is 0 Å². The Bertz CT molecular complexity index is 28.9. The monoisotopic (exact) mass is 103 g/mol. The Labute approximate surface area is 43.6 Å². The lowest BCUT2D eigenvalue weighted by molar-refractivity contribution is 0.140. The normalized spacial score (nSPS) is 9.43. The molecule has 1 radical (unpaired) electrons. The molecule has 0 bridgehead atoms. The third-order valence-corrected chi connectivity index (χ3v) is 0.606. The summed E-state index contributed by atoms with van der Waals surface area (Å²) >= 11 is 0. The van der Waals surface area contributed by atoms with E-state index in [1.165, 1.54) is 0 Å². The maximum Gasteiger partial charge on any atom is 0.0682 e. The van der Waals surface area contributed by atoms with Gasteiger partial charge in [-0.2, -0.15) is 0 Å². The molecule has 0 fully saturated rings. The Balaban J connectivity index is 2.45. The SMILES string of the molecule is NC[CH]CCON. The minimum absolute atomic E-state index is 0.567. The molecule has 7 heavy (non-hydrogen) atoms. The van der Waals surface area contributed by atoms with Crippen LogP contribution in [0.5, 0.6) is 0 Å². The van der Waals surface area contributed by atoms with E-state index >= 15 is 0 Å². The van der Waals surface area contributed by atoms with Gasteiger partial charge in [0.25, 0.3) is 0 Å². The number of nitrogens with two attached hydrogens (primary N) is 2. The highest BCUT2D eigenvalue weighted by molar-refractivity contribution is 4.62. The fourth-order valence-electron chi connectivity index (χ4n) is 0.269. The summed E-state index contributed by atoms with van der Waals surface area (Å²) in [6.45, 7) is 1.17. The van der Waals surface area contributed by atoms with Gasteiger partial charge in [-0.25, -0.2) is 5.90 Å². The predicted molar refractivity (Wildman–Crippen MR) is 28.1 cm³/mol. The van der Waals surface area contributed by atoms with Crippen molar-refractivity contribution in [1.82, 2.24) is 0 Å². The van der Waals surface area contributed by atoms with Gasteiger partial charge in [0, 0.05) is 0 Å². The van der Waals surface area contributed by atoms with Crippen molar-refractivity contribution >= 4 is 0 Å². The van der Waals surface area contributed by atoms with E-state index in [9.17, 15) is 0 Å². The van der Waals surface area contributed by atoms with Crippen molar-refractivity contribution in [2.24, 2.45) is 11.6 Å². The molecule has 43 valence electrons. The fourth-order valence-corrected chi connectivity index (χ4v) is 0.269. The third-order valence-electron chi connectivity index (χ3n) is 0.606. The smallest absolute Gasteiger partial charge is 0.0682 e. The van der Waals surface area contributed by atoms with Crippen LogP contribution < -0.4 is 11.6 Å². The molecule has 0 atom stereocenters. The Kier molecular flexibility index (Phi) is 5.78. The molecule has 0 aliphatic rings. The molecule has 0 aromatic rings. The van der Waals surface area contributed by atoms with Gasteiger partial charge in [-0.15, -0.1) is 0 Å². The van der Waals surface area contributed by atoms with E-state index < -0.39 is 0 Å². The van der Waals surface area contributed by atoms with E-state index in [0.717, 1.165) is 6.42 Å². The zero-order valence-corrected chi connectivity index (χ0v) is 4.26. The molecule has 0 heterocycles. The van der Waals surface area contributed by atoms with Gasteiger partial charge in [-0.1, -0.05) is 0 Å². The summed E-state index contributed by atoms with van der Waals surface area (Å²) in [5, 5.41) is 0. The largest absolute Gasteiger partial charge is 0.330 e. The fraction of sp³-hybridized carbons (Fsp3) is 0.750. The highest BCUT2D eigenvalue weighted by atomic mass is 16.6. The summed E-state index contributed by atoms with van der Waals surface area (Å²) in [7, 11) is 0. The lowest BCUT2D eigenvalue weighted by Crippen LogP contribution is -2.05. The lowest BCUT2D eigenvalue weighted by atomic mass is 10.3. The molecular weight excluding hydrogens is 92.1 g/mol. The van der Waals surface area contributed by atoms with Crippen molar-refractivity contribution in [3.05, 3.63) is 6.42 Å². The Hall–Kier alpha value is -0.120. The molecular formula is C4H11N2O. The van der Waals surface area contributed by atoms with Crippen molar-refractivity contribution < 1.29 is 4.84 Å². The predicted octanol–water partition coefficient (Wildman–Crippen LogP) is -0.570. The van der Waals surface area contributed by atoms with E-state index in [1.807, 2.05) is 6.42 Å². The third kappa shape index (κ3) is 5.88. The molecule has 0 rings (SSSR count). The van der Waals surface area contributed by atoms with E-state index in [2.05, 4.69) is 4.84 Å². The molecule has 3 heteroatoms. The van der Waals surface area contributed by atoms with E-state index in [0.29, 0.717) is 13.2 Å². The van der Waals surface area contributed by atoms with Gasteiger partial charge in [-0.3, -0.25) is 0 Å². The van der Waals surface area contributed by atoms with Crippen molar-refractivity contribution in [2.45, 2.75) is 6.42 Å². The standard InChI is InChI=1S/C4H11N2O/c5-3-1-2-4-7-6/h1H,2-6H2. The summed E-state index contributed by atoms with van der Waals surface area (Å²) in [6, 6.07) is 0. The van der Waals surface area contributed by atoms with Crippen molar-refractivity contribution in [1.29, 1.82) is 0 Å². The molecule has 0 saturated heterocycles. The summed E-state index contributed by atoms with van der Waals surface area (Å²) in [6.07, 6.45) is 2.75. The molecule has 0 saturated carbocycles.